The quantitative estimate of drug-likeness (QED) is 0.829. The fourth-order valence-electron chi connectivity index (χ4n) is 3.81. The predicted octanol–water partition coefficient (Wildman–Crippen LogP) is 2.66. The molecule has 1 unspecified atom stereocenters. The van der Waals surface area contributed by atoms with Gasteiger partial charge in [-0.3, -0.25) is 4.90 Å². The molecule has 3 nitrogen and oxygen atoms in total. The largest absolute Gasteiger partial charge is 0.375 e. The normalized spacial score (nSPS) is 27.6. The van der Waals surface area contributed by atoms with Crippen molar-refractivity contribution in [2.24, 2.45) is 5.92 Å². The Bertz CT molecular complexity index is 261. The zero-order valence-corrected chi connectivity index (χ0v) is 13.1. The molecule has 1 saturated heterocycles. The minimum absolute atomic E-state index is 0.0107. The number of ether oxygens (including phenoxy) is 1. The average Bonchev–Trinajstić information content (AvgIpc) is 2.39. The molecule has 0 aromatic carbocycles. The summed E-state index contributed by atoms with van der Waals surface area (Å²) < 4.78 is 5.85. The van der Waals surface area contributed by atoms with Gasteiger partial charge in [-0.25, -0.2) is 0 Å². The fourth-order valence-corrected chi connectivity index (χ4v) is 3.81. The van der Waals surface area contributed by atoms with Gasteiger partial charge in [-0.1, -0.05) is 19.3 Å². The molecule has 1 heterocycles. The van der Waals surface area contributed by atoms with Gasteiger partial charge in [-0.05, 0) is 39.5 Å². The van der Waals surface area contributed by atoms with Crippen molar-refractivity contribution in [1.82, 2.24) is 10.2 Å². The Hall–Kier alpha value is -0.120. The van der Waals surface area contributed by atoms with Gasteiger partial charge in [-0.2, -0.15) is 0 Å². The molecule has 0 radical (unpaired) electrons. The van der Waals surface area contributed by atoms with E-state index in [0.29, 0.717) is 6.04 Å². The Morgan fingerprint density at radius 3 is 2.63 bits per heavy atom. The summed E-state index contributed by atoms with van der Waals surface area (Å²) in [6, 6.07) is 0.714. The molecule has 0 aromatic rings. The third-order valence-corrected chi connectivity index (χ3v) is 4.65. The van der Waals surface area contributed by atoms with Crippen molar-refractivity contribution in [3.63, 3.8) is 0 Å². The number of piperazine rings is 1. The molecule has 1 saturated carbocycles. The molecular weight excluding hydrogens is 236 g/mol. The SMILES string of the molecule is CCOC(C)(C)CN1CCNC(C2CCCCC2)C1. The lowest BCUT2D eigenvalue weighted by Gasteiger charge is -2.41. The summed E-state index contributed by atoms with van der Waals surface area (Å²) in [5, 5.41) is 3.75. The fraction of sp³-hybridized carbons (Fsp3) is 1.00. The van der Waals surface area contributed by atoms with Crippen LogP contribution < -0.4 is 5.32 Å². The van der Waals surface area contributed by atoms with E-state index in [1.165, 1.54) is 45.2 Å². The van der Waals surface area contributed by atoms with Crippen LogP contribution in [0.4, 0.5) is 0 Å². The van der Waals surface area contributed by atoms with E-state index in [0.717, 1.165) is 25.6 Å². The summed E-state index contributed by atoms with van der Waals surface area (Å²) in [7, 11) is 0. The first-order chi connectivity index (χ1) is 9.11. The maximum absolute atomic E-state index is 5.85. The molecule has 19 heavy (non-hydrogen) atoms. The second kappa shape index (κ2) is 7.05. The molecule has 2 fully saturated rings. The minimum Gasteiger partial charge on any atom is -0.375 e. The predicted molar refractivity (Wildman–Crippen MR) is 80.5 cm³/mol. The summed E-state index contributed by atoms with van der Waals surface area (Å²) in [4.78, 5) is 2.60. The van der Waals surface area contributed by atoms with Crippen LogP contribution in [-0.4, -0.2) is 49.3 Å². The first-order valence-electron chi connectivity index (χ1n) is 8.20. The first kappa shape index (κ1) is 15.3. The minimum atomic E-state index is -0.0107. The molecule has 2 rings (SSSR count). The van der Waals surface area contributed by atoms with Gasteiger partial charge in [0.25, 0.3) is 0 Å². The molecular formula is C16H32N2O. The summed E-state index contributed by atoms with van der Waals surface area (Å²) in [5.74, 6) is 0.909. The molecule has 1 aliphatic carbocycles. The van der Waals surface area contributed by atoms with E-state index in [2.05, 4.69) is 31.0 Å². The average molecular weight is 268 g/mol. The summed E-state index contributed by atoms with van der Waals surface area (Å²) in [5.41, 5.74) is -0.0107. The van der Waals surface area contributed by atoms with Crippen molar-refractivity contribution < 1.29 is 4.74 Å². The molecule has 0 aromatic heterocycles. The van der Waals surface area contributed by atoms with Crippen LogP contribution in [0.15, 0.2) is 0 Å². The smallest absolute Gasteiger partial charge is 0.0752 e. The number of nitrogens with one attached hydrogen (secondary N) is 1. The standard InChI is InChI=1S/C16H32N2O/c1-4-19-16(2,3)13-18-11-10-17-15(12-18)14-8-6-5-7-9-14/h14-15,17H,4-13H2,1-3H3. The Morgan fingerprint density at radius 2 is 1.95 bits per heavy atom. The van der Waals surface area contributed by atoms with E-state index < -0.39 is 0 Å². The maximum Gasteiger partial charge on any atom is 0.0752 e. The third kappa shape index (κ3) is 4.73. The Labute approximate surface area is 119 Å². The first-order valence-corrected chi connectivity index (χ1v) is 8.20. The van der Waals surface area contributed by atoms with Gasteiger partial charge in [0.2, 0.25) is 0 Å². The molecule has 1 atom stereocenters. The molecule has 1 N–H and O–H groups in total. The zero-order valence-electron chi connectivity index (χ0n) is 13.1. The molecule has 1 aliphatic heterocycles. The zero-order chi connectivity index (χ0) is 13.7. The highest BCUT2D eigenvalue weighted by atomic mass is 16.5. The van der Waals surface area contributed by atoms with Gasteiger partial charge in [0, 0.05) is 38.8 Å². The van der Waals surface area contributed by atoms with E-state index in [1.807, 2.05) is 0 Å². The topological polar surface area (TPSA) is 24.5 Å². The van der Waals surface area contributed by atoms with Gasteiger partial charge in [0.05, 0.1) is 5.60 Å². The van der Waals surface area contributed by atoms with Gasteiger partial charge in [0.1, 0.15) is 0 Å². The highest BCUT2D eigenvalue weighted by Crippen LogP contribution is 2.28. The Balaban J connectivity index is 1.82. The lowest BCUT2D eigenvalue weighted by atomic mass is 9.83. The van der Waals surface area contributed by atoms with Gasteiger partial charge >= 0.3 is 0 Å². The highest BCUT2D eigenvalue weighted by molar-refractivity contribution is 4.88. The van der Waals surface area contributed by atoms with Crippen molar-refractivity contribution in [1.29, 1.82) is 0 Å². The van der Waals surface area contributed by atoms with Crippen LogP contribution in [-0.2, 0) is 4.74 Å². The van der Waals surface area contributed by atoms with Crippen LogP contribution >= 0.6 is 0 Å². The van der Waals surface area contributed by atoms with Crippen LogP contribution in [0.5, 0.6) is 0 Å². The Kier molecular flexibility index (Phi) is 5.67. The van der Waals surface area contributed by atoms with Gasteiger partial charge < -0.3 is 10.1 Å². The molecule has 2 aliphatic rings. The van der Waals surface area contributed by atoms with Crippen LogP contribution in [0, 0.1) is 5.92 Å². The van der Waals surface area contributed by atoms with Crippen molar-refractivity contribution >= 4 is 0 Å². The van der Waals surface area contributed by atoms with E-state index in [1.54, 1.807) is 0 Å². The maximum atomic E-state index is 5.85. The van der Waals surface area contributed by atoms with E-state index in [4.69, 9.17) is 4.74 Å². The third-order valence-electron chi connectivity index (χ3n) is 4.65. The van der Waals surface area contributed by atoms with Crippen LogP contribution in [0.3, 0.4) is 0 Å². The van der Waals surface area contributed by atoms with Crippen molar-refractivity contribution in [2.75, 3.05) is 32.8 Å². The number of hydrogen-bond donors (Lipinski definition) is 1. The number of nitrogens with zero attached hydrogens (tertiary/aromatic N) is 1. The second-order valence-corrected chi connectivity index (χ2v) is 6.89. The molecule has 0 bridgehead atoms. The molecule has 112 valence electrons. The molecule has 0 spiro atoms. The van der Waals surface area contributed by atoms with E-state index >= 15 is 0 Å². The highest BCUT2D eigenvalue weighted by Gasteiger charge is 2.30. The summed E-state index contributed by atoms with van der Waals surface area (Å²) in [6.07, 6.45) is 7.19. The van der Waals surface area contributed by atoms with Crippen molar-refractivity contribution in [3.8, 4) is 0 Å². The van der Waals surface area contributed by atoms with Gasteiger partial charge in [-0.15, -0.1) is 0 Å². The van der Waals surface area contributed by atoms with Crippen molar-refractivity contribution in [3.05, 3.63) is 0 Å². The van der Waals surface area contributed by atoms with Crippen molar-refractivity contribution in [2.45, 2.75) is 64.5 Å². The van der Waals surface area contributed by atoms with Crippen LogP contribution in [0.1, 0.15) is 52.9 Å². The summed E-state index contributed by atoms with van der Waals surface area (Å²) >= 11 is 0. The van der Waals surface area contributed by atoms with Crippen LogP contribution in [0.2, 0.25) is 0 Å². The van der Waals surface area contributed by atoms with Gasteiger partial charge in [0.15, 0.2) is 0 Å². The lowest BCUT2D eigenvalue weighted by Crippen LogP contribution is -2.56. The monoisotopic (exact) mass is 268 g/mol. The molecule has 0 amide bonds. The van der Waals surface area contributed by atoms with Crippen LogP contribution in [0.25, 0.3) is 0 Å². The lowest BCUT2D eigenvalue weighted by molar-refractivity contribution is -0.0404. The molecule has 3 heteroatoms. The number of hydrogen-bond acceptors (Lipinski definition) is 3. The van der Waals surface area contributed by atoms with E-state index in [-0.39, 0.29) is 5.60 Å². The Morgan fingerprint density at radius 1 is 1.21 bits per heavy atom. The van der Waals surface area contributed by atoms with E-state index in [9.17, 15) is 0 Å². The number of rotatable bonds is 5. The summed E-state index contributed by atoms with van der Waals surface area (Å²) in [6.45, 7) is 11.9. The second-order valence-electron chi connectivity index (χ2n) is 6.89.